The molecule has 0 radical (unpaired) electrons. The second-order valence-electron chi connectivity index (χ2n) is 4.85. The second kappa shape index (κ2) is 5.84. The molecule has 21 heavy (non-hydrogen) atoms. The number of rotatable bonds is 4. The Morgan fingerprint density at radius 1 is 1.33 bits per heavy atom. The van der Waals surface area contributed by atoms with Gasteiger partial charge in [-0.25, -0.2) is 0 Å². The van der Waals surface area contributed by atoms with Crippen molar-refractivity contribution in [3.63, 3.8) is 0 Å². The fraction of sp³-hybridized carbons (Fsp3) is 0.583. The number of carbonyl (C=O) groups is 1. The van der Waals surface area contributed by atoms with Gasteiger partial charge >= 0.3 is 12.1 Å². The minimum Gasteiger partial charge on any atom is -0.481 e. The van der Waals surface area contributed by atoms with E-state index in [1.54, 1.807) is 0 Å². The zero-order valence-electron chi connectivity index (χ0n) is 11.0. The number of hydrogen-bond donors (Lipinski definition) is 2. The zero-order chi connectivity index (χ0) is 15.5. The summed E-state index contributed by atoms with van der Waals surface area (Å²) in [4.78, 5) is 11.4. The fourth-order valence-corrected chi connectivity index (χ4v) is 2.07. The molecule has 1 aromatic rings. The summed E-state index contributed by atoms with van der Waals surface area (Å²) in [6.07, 6.45) is -3.87. The van der Waals surface area contributed by atoms with E-state index < -0.39 is 23.3 Å². The lowest BCUT2D eigenvalue weighted by atomic mass is 9.80. The van der Waals surface area contributed by atoms with E-state index >= 15 is 0 Å². The molecule has 1 aromatic heterocycles. The number of alkyl halides is 3. The first-order chi connectivity index (χ1) is 9.83. The maximum Gasteiger partial charge on any atom is 0.435 e. The van der Waals surface area contributed by atoms with Gasteiger partial charge in [0.2, 0.25) is 0 Å². The van der Waals surface area contributed by atoms with Gasteiger partial charge in [-0.15, -0.1) is 10.2 Å². The molecule has 0 bridgehead atoms. The molecule has 1 fully saturated rings. The lowest BCUT2D eigenvalue weighted by Gasteiger charge is -2.33. The molecule has 1 aliphatic heterocycles. The molecular formula is C12H14F3N3O3. The van der Waals surface area contributed by atoms with Crippen LogP contribution in [0.3, 0.4) is 0 Å². The van der Waals surface area contributed by atoms with Crippen LogP contribution in [0.25, 0.3) is 0 Å². The van der Waals surface area contributed by atoms with Gasteiger partial charge in [-0.2, -0.15) is 13.2 Å². The maximum absolute atomic E-state index is 12.3. The standard InChI is InChI=1S/C12H14F3N3O3/c13-12(14,15)8-1-2-9(18-17-8)16-7-11(10(19)20)3-5-21-6-4-11/h1-2H,3-7H2,(H,16,18)(H,19,20). The Labute approximate surface area is 118 Å². The van der Waals surface area contributed by atoms with Crippen molar-refractivity contribution in [1.29, 1.82) is 0 Å². The predicted octanol–water partition coefficient (Wildman–Crippen LogP) is 1.79. The van der Waals surface area contributed by atoms with Crippen LogP contribution < -0.4 is 5.32 Å². The highest BCUT2D eigenvalue weighted by molar-refractivity contribution is 5.75. The third kappa shape index (κ3) is 3.60. The van der Waals surface area contributed by atoms with Crippen molar-refractivity contribution in [3.8, 4) is 0 Å². The van der Waals surface area contributed by atoms with Gasteiger partial charge in [0.05, 0.1) is 5.41 Å². The average molecular weight is 305 g/mol. The topological polar surface area (TPSA) is 84.3 Å². The summed E-state index contributed by atoms with van der Waals surface area (Å²) in [5.74, 6) is -0.853. The van der Waals surface area contributed by atoms with E-state index in [0.717, 1.165) is 12.1 Å². The van der Waals surface area contributed by atoms with Crippen molar-refractivity contribution in [2.75, 3.05) is 25.1 Å². The van der Waals surface area contributed by atoms with E-state index in [9.17, 15) is 23.1 Å². The summed E-state index contributed by atoms with van der Waals surface area (Å²) >= 11 is 0. The molecule has 0 aliphatic carbocycles. The summed E-state index contributed by atoms with van der Waals surface area (Å²) in [5, 5.41) is 18.6. The van der Waals surface area contributed by atoms with Crippen molar-refractivity contribution in [2.45, 2.75) is 19.0 Å². The van der Waals surface area contributed by atoms with Gasteiger partial charge < -0.3 is 15.2 Å². The van der Waals surface area contributed by atoms with E-state index in [-0.39, 0.29) is 12.4 Å². The number of aromatic nitrogens is 2. The molecule has 0 unspecified atom stereocenters. The molecule has 0 aromatic carbocycles. The molecule has 2 heterocycles. The molecule has 1 aliphatic rings. The number of ether oxygens (including phenoxy) is 1. The molecule has 0 spiro atoms. The van der Waals surface area contributed by atoms with E-state index in [4.69, 9.17) is 4.74 Å². The second-order valence-corrected chi connectivity index (χ2v) is 4.85. The Bertz CT molecular complexity index is 499. The average Bonchev–Trinajstić information content (AvgIpc) is 2.45. The molecule has 0 amide bonds. The van der Waals surface area contributed by atoms with Gasteiger partial charge in [-0.05, 0) is 25.0 Å². The molecule has 1 saturated heterocycles. The third-order valence-electron chi connectivity index (χ3n) is 3.47. The normalized spacial score (nSPS) is 18.2. The van der Waals surface area contributed by atoms with Gasteiger partial charge in [0.25, 0.3) is 0 Å². The molecule has 2 rings (SSSR count). The van der Waals surface area contributed by atoms with E-state index in [1.807, 2.05) is 0 Å². The molecule has 2 N–H and O–H groups in total. The highest BCUT2D eigenvalue weighted by atomic mass is 19.4. The Morgan fingerprint density at radius 2 is 2.00 bits per heavy atom. The number of aliphatic carboxylic acids is 1. The van der Waals surface area contributed by atoms with Crippen LogP contribution in [0.2, 0.25) is 0 Å². The highest BCUT2D eigenvalue weighted by Gasteiger charge is 2.40. The minimum absolute atomic E-state index is 0.0612. The van der Waals surface area contributed by atoms with Crippen molar-refractivity contribution in [2.24, 2.45) is 5.41 Å². The van der Waals surface area contributed by atoms with Crippen molar-refractivity contribution in [1.82, 2.24) is 10.2 Å². The monoisotopic (exact) mass is 305 g/mol. The van der Waals surface area contributed by atoms with Gasteiger partial charge in [0.15, 0.2) is 5.69 Å². The molecular weight excluding hydrogens is 291 g/mol. The largest absolute Gasteiger partial charge is 0.481 e. The Hall–Kier alpha value is -1.90. The summed E-state index contributed by atoms with van der Waals surface area (Å²) in [5.41, 5.74) is -2.09. The highest BCUT2D eigenvalue weighted by Crippen LogP contribution is 2.31. The van der Waals surface area contributed by atoms with Crippen molar-refractivity contribution >= 4 is 11.8 Å². The number of nitrogens with one attached hydrogen (secondary N) is 1. The first-order valence-corrected chi connectivity index (χ1v) is 6.29. The molecule has 6 nitrogen and oxygen atoms in total. The number of nitrogens with zero attached hydrogens (tertiary/aromatic N) is 2. The van der Waals surface area contributed by atoms with Gasteiger partial charge in [-0.1, -0.05) is 0 Å². The minimum atomic E-state index is -4.55. The SMILES string of the molecule is O=C(O)C1(CNc2ccc(C(F)(F)F)nn2)CCOCC1. The summed E-state index contributed by atoms with van der Waals surface area (Å²) < 4.78 is 42.2. The van der Waals surface area contributed by atoms with E-state index in [2.05, 4.69) is 15.5 Å². The lowest BCUT2D eigenvalue weighted by Crippen LogP contribution is -2.42. The first-order valence-electron chi connectivity index (χ1n) is 6.29. The first kappa shape index (κ1) is 15.5. The summed E-state index contributed by atoms with van der Waals surface area (Å²) in [6, 6.07) is 1.93. The van der Waals surface area contributed by atoms with Gasteiger partial charge in [-0.3, -0.25) is 4.79 Å². The molecule has 0 saturated carbocycles. The molecule has 116 valence electrons. The maximum atomic E-state index is 12.3. The van der Waals surface area contributed by atoms with Crippen LogP contribution in [0.5, 0.6) is 0 Å². The van der Waals surface area contributed by atoms with E-state index in [0.29, 0.717) is 26.1 Å². The van der Waals surface area contributed by atoms with Crippen LogP contribution in [-0.2, 0) is 15.7 Å². The van der Waals surface area contributed by atoms with Crippen LogP contribution >= 0.6 is 0 Å². The van der Waals surface area contributed by atoms with Crippen LogP contribution in [0, 0.1) is 5.41 Å². The zero-order valence-corrected chi connectivity index (χ0v) is 11.0. The lowest BCUT2D eigenvalue weighted by molar-refractivity contribution is -0.153. The van der Waals surface area contributed by atoms with Crippen molar-refractivity contribution in [3.05, 3.63) is 17.8 Å². The van der Waals surface area contributed by atoms with Crippen molar-refractivity contribution < 1.29 is 27.8 Å². The van der Waals surface area contributed by atoms with Gasteiger partial charge in [0, 0.05) is 19.8 Å². The number of hydrogen-bond acceptors (Lipinski definition) is 5. The van der Waals surface area contributed by atoms with Crippen LogP contribution in [0.1, 0.15) is 18.5 Å². The Morgan fingerprint density at radius 3 is 2.48 bits per heavy atom. The quantitative estimate of drug-likeness (QED) is 0.882. The van der Waals surface area contributed by atoms with Crippen LogP contribution in [-0.4, -0.2) is 41.0 Å². The summed E-state index contributed by atoms with van der Waals surface area (Å²) in [7, 11) is 0. The Balaban J connectivity index is 2.03. The number of anilines is 1. The summed E-state index contributed by atoms with van der Waals surface area (Å²) in [6.45, 7) is 0.741. The third-order valence-corrected chi connectivity index (χ3v) is 3.47. The number of carboxylic acids is 1. The predicted molar refractivity (Wildman–Crippen MR) is 65.6 cm³/mol. The van der Waals surface area contributed by atoms with E-state index in [1.165, 1.54) is 0 Å². The van der Waals surface area contributed by atoms with Crippen LogP contribution in [0.4, 0.5) is 19.0 Å². The van der Waals surface area contributed by atoms with Gasteiger partial charge in [0.1, 0.15) is 5.82 Å². The number of carboxylic acid groups (broad SMARTS) is 1. The van der Waals surface area contributed by atoms with Crippen LogP contribution in [0.15, 0.2) is 12.1 Å². The molecule has 9 heteroatoms. The smallest absolute Gasteiger partial charge is 0.435 e. The fourth-order valence-electron chi connectivity index (χ4n) is 2.07. The number of halogens is 3. The Kier molecular flexibility index (Phi) is 4.31. The molecule has 0 atom stereocenters.